The first-order valence-electron chi connectivity index (χ1n) is 8.93. The second-order valence-corrected chi connectivity index (χ2v) is 8.34. The van der Waals surface area contributed by atoms with Crippen molar-refractivity contribution in [2.24, 2.45) is 5.41 Å². The normalized spacial score (nSPS) is 27.9. The lowest BCUT2D eigenvalue weighted by molar-refractivity contribution is 0.0869. The van der Waals surface area contributed by atoms with Gasteiger partial charge < -0.3 is 5.32 Å². The van der Waals surface area contributed by atoms with Gasteiger partial charge in [0.15, 0.2) is 0 Å². The van der Waals surface area contributed by atoms with Crippen LogP contribution in [0.25, 0.3) is 0 Å². The first-order valence-corrected chi connectivity index (χ1v) is 8.93. The quantitative estimate of drug-likeness (QED) is 0.812. The van der Waals surface area contributed by atoms with Crippen LogP contribution in [0, 0.1) is 5.41 Å². The molecule has 1 saturated carbocycles. The molecule has 1 aliphatic heterocycles. The second-order valence-electron chi connectivity index (χ2n) is 8.34. The smallest absolute Gasteiger partial charge is 0.00967 e. The van der Waals surface area contributed by atoms with Crippen molar-refractivity contribution in [3.8, 4) is 0 Å². The highest BCUT2D eigenvalue weighted by molar-refractivity contribution is 4.92. The van der Waals surface area contributed by atoms with Crippen molar-refractivity contribution in [3.05, 3.63) is 0 Å². The fourth-order valence-electron chi connectivity index (χ4n) is 4.14. The summed E-state index contributed by atoms with van der Waals surface area (Å²) in [4.78, 5) is 2.82. The van der Waals surface area contributed by atoms with E-state index in [-0.39, 0.29) is 5.54 Å². The summed E-state index contributed by atoms with van der Waals surface area (Å²) in [5.41, 5.74) is 0.795. The van der Waals surface area contributed by atoms with Gasteiger partial charge in [0.05, 0.1) is 0 Å². The average molecular weight is 281 g/mol. The minimum atomic E-state index is 0.250. The van der Waals surface area contributed by atoms with Crippen molar-refractivity contribution < 1.29 is 0 Å². The predicted octanol–water partition coefficient (Wildman–Crippen LogP) is 4.20. The maximum atomic E-state index is 3.81. The number of likely N-dealkylation sites (tertiary alicyclic amines) is 1. The molecule has 20 heavy (non-hydrogen) atoms. The molecule has 1 N–H and O–H groups in total. The van der Waals surface area contributed by atoms with Gasteiger partial charge in [-0.1, -0.05) is 26.2 Å². The summed E-state index contributed by atoms with van der Waals surface area (Å²) in [6.45, 7) is 13.2. The molecule has 0 radical (unpaired) electrons. The van der Waals surface area contributed by atoms with Crippen LogP contribution in [-0.2, 0) is 0 Å². The van der Waals surface area contributed by atoms with E-state index in [0.29, 0.717) is 5.41 Å². The first kappa shape index (κ1) is 16.3. The second kappa shape index (κ2) is 6.79. The third-order valence-electron chi connectivity index (χ3n) is 5.42. The number of hydrogen-bond acceptors (Lipinski definition) is 2. The Bertz CT molecular complexity index is 286. The van der Waals surface area contributed by atoms with Gasteiger partial charge in [0.1, 0.15) is 0 Å². The summed E-state index contributed by atoms with van der Waals surface area (Å²) in [5.74, 6) is 0. The van der Waals surface area contributed by atoms with Crippen LogP contribution >= 0.6 is 0 Å². The molecule has 1 aliphatic carbocycles. The van der Waals surface area contributed by atoms with Crippen LogP contribution < -0.4 is 5.32 Å². The van der Waals surface area contributed by atoms with Gasteiger partial charge in [0.2, 0.25) is 0 Å². The Kier molecular flexibility index (Phi) is 5.53. The zero-order chi connectivity index (χ0) is 14.6. The van der Waals surface area contributed by atoms with Crippen LogP contribution in [0.3, 0.4) is 0 Å². The van der Waals surface area contributed by atoms with Crippen LogP contribution in [-0.4, -0.2) is 36.1 Å². The molecule has 0 aromatic carbocycles. The molecular formula is C18H36N2. The van der Waals surface area contributed by atoms with Crippen LogP contribution in [0.5, 0.6) is 0 Å². The van der Waals surface area contributed by atoms with Gasteiger partial charge in [-0.15, -0.1) is 0 Å². The highest BCUT2D eigenvalue weighted by Gasteiger charge is 2.37. The third kappa shape index (κ3) is 4.46. The van der Waals surface area contributed by atoms with Crippen molar-refractivity contribution in [1.29, 1.82) is 0 Å². The molecule has 0 amide bonds. The molecule has 1 heterocycles. The lowest BCUT2D eigenvalue weighted by Crippen LogP contribution is -2.50. The number of nitrogens with one attached hydrogen (secondary N) is 1. The third-order valence-corrected chi connectivity index (χ3v) is 5.42. The molecule has 0 aromatic rings. The van der Waals surface area contributed by atoms with E-state index in [0.717, 1.165) is 6.04 Å². The van der Waals surface area contributed by atoms with E-state index in [2.05, 4.69) is 37.9 Å². The van der Waals surface area contributed by atoms with Crippen LogP contribution in [0.4, 0.5) is 0 Å². The SMILES string of the molecule is CCC1CCCN1CC1(CNC(C)(C)C)CCCCC1. The van der Waals surface area contributed by atoms with E-state index < -0.39 is 0 Å². The minimum absolute atomic E-state index is 0.250. The largest absolute Gasteiger partial charge is 0.311 e. The number of nitrogens with zero attached hydrogens (tertiary/aromatic N) is 1. The highest BCUT2D eigenvalue weighted by Crippen LogP contribution is 2.38. The lowest BCUT2D eigenvalue weighted by atomic mass is 9.73. The molecule has 1 atom stereocenters. The lowest BCUT2D eigenvalue weighted by Gasteiger charge is -2.43. The van der Waals surface area contributed by atoms with Gasteiger partial charge in [-0.05, 0) is 64.8 Å². The number of hydrogen-bond donors (Lipinski definition) is 1. The molecule has 1 unspecified atom stereocenters. The average Bonchev–Trinajstić information content (AvgIpc) is 2.84. The van der Waals surface area contributed by atoms with Crippen molar-refractivity contribution in [2.75, 3.05) is 19.6 Å². The summed E-state index contributed by atoms with van der Waals surface area (Å²) in [6, 6.07) is 0.864. The molecule has 2 nitrogen and oxygen atoms in total. The van der Waals surface area contributed by atoms with Crippen LogP contribution in [0.1, 0.15) is 79.1 Å². The molecule has 118 valence electrons. The fraction of sp³-hybridized carbons (Fsp3) is 1.00. The van der Waals surface area contributed by atoms with Crippen molar-refractivity contribution in [3.63, 3.8) is 0 Å². The van der Waals surface area contributed by atoms with Gasteiger partial charge in [0.25, 0.3) is 0 Å². The maximum absolute atomic E-state index is 3.81. The van der Waals surface area contributed by atoms with Gasteiger partial charge >= 0.3 is 0 Å². The summed E-state index contributed by atoms with van der Waals surface area (Å²) in [6.07, 6.45) is 11.4. The molecule has 2 heteroatoms. The fourth-order valence-corrected chi connectivity index (χ4v) is 4.14. The molecule has 2 aliphatic rings. The first-order chi connectivity index (χ1) is 9.44. The monoisotopic (exact) mass is 280 g/mol. The molecule has 2 fully saturated rings. The van der Waals surface area contributed by atoms with E-state index in [1.165, 1.54) is 71.0 Å². The standard InChI is InChI=1S/C18H36N2/c1-5-16-10-9-13-20(16)15-18(11-7-6-8-12-18)14-19-17(2,3)4/h16,19H,5-15H2,1-4H3. The van der Waals surface area contributed by atoms with E-state index in [4.69, 9.17) is 0 Å². The molecule has 1 saturated heterocycles. The molecule has 0 bridgehead atoms. The Balaban J connectivity index is 1.99. The minimum Gasteiger partial charge on any atom is -0.311 e. The zero-order valence-electron chi connectivity index (χ0n) is 14.3. The Morgan fingerprint density at radius 2 is 1.80 bits per heavy atom. The zero-order valence-corrected chi connectivity index (χ0v) is 14.3. The summed E-state index contributed by atoms with van der Waals surface area (Å²) in [5, 5.41) is 3.81. The van der Waals surface area contributed by atoms with Gasteiger partial charge in [-0.2, -0.15) is 0 Å². The van der Waals surface area contributed by atoms with E-state index >= 15 is 0 Å². The molecule has 2 rings (SSSR count). The Morgan fingerprint density at radius 1 is 1.10 bits per heavy atom. The van der Waals surface area contributed by atoms with Crippen LogP contribution in [0.2, 0.25) is 0 Å². The molecule has 0 spiro atoms. The van der Waals surface area contributed by atoms with Crippen LogP contribution in [0.15, 0.2) is 0 Å². The topological polar surface area (TPSA) is 15.3 Å². The summed E-state index contributed by atoms with van der Waals surface area (Å²) in [7, 11) is 0. The maximum Gasteiger partial charge on any atom is 0.00967 e. The van der Waals surface area contributed by atoms with Crippen molar-refractivity contribution in [1.82, 2.24) is 10.2 Å². The Morgan fingerprint density at radius 3 is 2.40 bits per heavy atom. The van der Waals surface area contributed by atoms with Gasteiger partial charge in [-0.3, -0.25) is 4.90 Å². The summed E-state index contributed by atoms with van der Waals surface area (Å²) >= 11 is 0. The van der Waals surface area contributed by atoms with E-state index in [1.54, 1.807) is 0 Å². The van der Waals surface area contributed by atoms with E-state index in [9.17, 15) is 0 Å². The summed E-state index contributed by atoms with van der Waals surface area (Å²) < 4.78 is 0. The number of rotatable bonds is 5. The van der Waals surface area contributed by atoms with E-state index in [1.807, 2.05) is 0 Å². The molecular weight excluding hydrogens is 244 g/mol. The Labute approximate surface area is 126 Å². The Hall–Kier alpha value is -0.0800. The molecule has 0 aromatic heterocycles. The van der Waals surface area contributed by atoms with Gasteiger partial charge in [0, 0.05) is 24.7 Å². The van der Waals surface area contributed by atoms with Crippen molar-refractivity contribution in [2.45, 2.75) is 90.6 Å². The highest BCUT2D eigenvalue weighted by atomic mass is 15.2. The predicted molar refractivity (Wildman–Crippen MR) is 88.2 cm³/mol. The van der Waals surface area contributed by atoms with Gasteiger partial charge in [-0.25, -0.2) is 0 Å². The van der Waals surface area contributed by atoms with Crippen molar-refractivity contribution >= 4 is 0 Å².